The molecular formula is C16H13FN2S. The first-order chi connectivity index (χ1) is 9.78. The number of hydrogen-bond donors (Lipinski definition) is 0. The highest BCUT2D eigenvalue weighted by molar-refractivity contribution is 7.16. The van der Waals surface area contributed by atoms with Crippen molar-refractivity contribution in [2.75, 3.05) is 0 Å². The highest BCUT2D eigenvalue weighted by Gasteiger charge is 2.19. The van der Waals surface area contributed by atoms with Gasteiger partial charge in [-0.05, 0) is 48.9 Å². The highest BCUT2D eigenvalue weighted by atomic mass is 32.1. The van der Waals surface area contributed by atoms with Crippen LogP contribution in [-0.4, -0.2) is 6.21 Å². The molecule has 1 aliphatic carbocycles. The summed E-state index contributed by atoms with van der Waals surface area (Å²) in [6, 6.07) is 8.46. The topological polar surface area (TPSA) is 36.1 Å². The van der Waals surface area contributed by atoms with Crippen LogP contribution in [0.1, 0.15) is 34.4 Å². The maximum atomic E-state index is 12.8. The Bertz CT molecular complexity index is 693. The van der Waals surface area contributed by atoms with Gasteiger partial charge in [0.15, 0.2) is 0 Å². The molecule has 1 aliphatic rings. The Hall–Kier alpha value is -1.99. The molecule has 2 aromatic rings. The number of nitriles is 1. The van der Waals surface area contributed by atoms with Crippen molar-refractivity contribution in [2.45, 2.75) is 25.7 Å². The van der Waals surface area contributed by atoms with E-state index in [1.54, 1.807) is 29.7 Å². The highest BCUT2D eigenvalue weighted by Crippen LogP contribution is 2.39. The molecule has 1 aromatic heterocycles. The number of aryl methyl sites for hydroxylation is 1. The number of halogens is 1. The van der Waals surface area contributed by atoms with E-state index in [1.165, 1.54) is 29.0 Å². The first-order valence-electron chi connectivity index (χ1n) is 6.62. The summed E-state index contributed by atoms with van der Waals surface area (Å²) >= 11 is 1.61. The minimum absolute atomic E-state index is 0.258. The van der Waals surface area contributed by atoms with E-state index in [0.717, 1.165) is 35.4 Å². The molecule has 1 heterocycles. The average Bonchev–Trinajstić information content (AvgIpc) is 2.84. The summed E-state index contributed by atoms with van der Waals surface area (Å²) in [6.45, 7) is 0. The monoisotopic (exact) mass is 284 g/mol. The van der Waals surface area contributed by atoms with Gasteiger partial charge >= 0.3 is 0 Å². The number of rotatable bonds is 2. The molecule has 0 amide bonds. The van der Waals surface area contributed by atoms with Crippen molar-refractivity contribution in [3.05, 3.63) is 51.7 Å². The summed E-state index contributed by atoms with van der Waals surface area (Å²) in [6.07, 6.45) is 6.08. The van der Waals surface area contributed by atoms with Crippen molar-refractivity contribution in [3.8, 4) is 6.07 Å². The second-order valence-electron chi connectivity index (χ2n) is 4.81. The van der Waals surface area contributed by atoms with Crippen LogP contribution < -0.4 is 0 Å². The molecule has 1 aromatic carbocycles. The van der Waals surface area contributed by atoms with Gasteiger partial charge < -0.3 is 0 Å². The molecule has 0 unspecified atom stereocenters. The van der Waals surface area contributed by atoms with Crippen LogP contribution in [0, 0.1) is 17.1 Å². The van der Waals surface area contributed by atoms with E-state index >= 15 is 0 Å². The predicted octanol–water partition coefficient (Wildman–Crippen LogP) is 4.39. The molecule has 0 atom stereocenters. The van der Waals surface area contributed by atoms with E-state index in [4.69, 9.17) is 0 Å². The minimum Gasteiger partial charge on any atom is -0.244 e. The van der Waals surface area contributed by atoms with Crippen LogP contribution in [0.25, 0.3) is 0 Å². The zero-order valence-corrected chi connectivity index (χ0v) is 11.7. The van der Waals surface area contributed by atoms with E-state index in [2.05, 4.69) is 11.1 Å². The molecule has 4 heteroatoms. The molecule has 0 aliphatic heterocycles. The molecule has 0 bridgehead atoms. The summed E-state index contributed by atoms with van der Waals surface area (Å²) in [7, 11) is 0. The lowest BCUT2D eigenvalue weighted by Crippen LogP contribution is -1.99. The van der Waals surface area contributed by atoms with Gasteiger partial charge in [0.1, 0.15) is 16.9 Å². The maximum Gasteiger partial charge on any atom is 0.134 e. The van der Waals surface area contributed by atoms with Crippen LogP contribution in [-0.2, 0) is 12.8 Å². The molecule has 0 saturated heterocycles. The lowest BCUT2D eigenvalue weighted by atomic mass is 9.96. The lowest BCUT2D eigenvalue weighted by molar-refractivity contribution is 0.628. The SMILES string of the molecule is N#Cc1c(N=Cc2ccc(F)cc2)sc2c1CCCC2. The summed E-state index contributed by atoms with van der Waals surface area (Å²) in [5.74, 6) is -0.258. The fraction of sp³-hybridized carbons (Fsp3) is 0.250. The van der Waals surface area contributed by atoms with Crippen molar-refractivity contribution in [2.24, 2.45) is 4.99 Å². The Morgan fingerprint density at radius 3 is 2.70 bits per heavy atom. The molecule has 0 radical (unpaired) electrons. The van der Waals surface area contributed by atoms with E-state index in [0.29, 0.717) is 0 Å². The molecule has 20 heavy (non-hydrogen) atoms. The van der Waals surface area contributed by atoms with Gasteiger partial charge in [0.05, 0.1) is 5.56 Å². The Morgan fingerprint density at radius 2 is 1.95 bits per heavy atom. The molecule has 0 spiro atoms. The van der Waals surface area contributed by atoms with Crippen LogP contribution in [0.5, 0.6) is 0 Å². The Morgan fingerprint density at radius 1 is 1.20 bits per heavy atom. The van der Waals surface area contributed by atoms with Crippen LogP contribution in [0.15, 0.2) is 29.3 Å². The van der Waals surface area contributed by atoms with Gasteiger partial charge in [-0.3, -0.25) is 0 Å². The number of aliphatic imine (C=N–C) groups is 1. The number of benzene rings is 1. The van der Waals surface area contributed by atoms with E-state index in [1.807, 2.05) is 0 Å². The Labute approximate surface area is 121 Å². The molecule has 100 valence electrons. The molecule has 0 fully saturated rings. The minimum atomic E-state index is -0.258. The number of thiophene rings is 1. The second-order valence-corrected chi connectivity index (χ2v) is 5.90. The number of fused-ring (bicyclic) bond motifs is 1. The first kappa shape index (κ1) is 13.0. The largest absolute Gasteiger partial charge is 0.244 e. The Kier molecular flexibility index (Phi) is 3.62. The smallest absolute Gasteiger partial charge is 0.134 e. The van der Waals surface area contributed by atoms with Gasteiger partial charge in [-0.2, -0.15) is 5.26 Å². The normalized spacial score (nSPS) is 14.2. The predicted molar refractivity (Wildman–Crippen MR) is 79.3 cm³/mol. The van der Waals surface area contributed by atoms with Gasteiger partial charge in [-0.1, -0.05) is 12.1 Å². The molecule has 2 nitrogen and oxygen atoms in total. The van der Waals surface area contributed by atoms with Gasteiger partial charge in [0, 0.05) is 11.1 Å². The zero-order valence-electron chi connectivity index (χ0n) is 10.9. The van der Waals surface area contributed by atoms with Crippen LogP contribution in [0.2, 0.25) is 0 Å². The summed E-state index contributed by atoms with van der Waals surface area (Å²) in [4.78, 5) is 5.74. The third-order valence-electron chi connectivity index (χ3n) is 3.47. The van der Waals surface area contributed by atoms with E-state index in [-0.39, 0.29) is 5.82 Å². The van der Waals surface area contributed by atoms with E-state index < -0.39 is 0 Å². The third kappa shape index (κ3) is 2.50. The molecule has 0 N–H and O–H groups in total. The fourth-order valence-electron chi connectivity index (χ4n) is 2.44. The molecule has 3 rings (SSSR count). The quantitative estimate of drug-likeness (QED) is 0.753. The number of hydrogen-bond acceptors (Lipinski definition) is 3. The molecule has 0 saturated carbocycles. The van der Waals surface area contributed by atoms with Gasteiger partial charge in [-0.25, -0.2) is 9.38 Å². The zero-order chi connectivity index (χ0) is 13.9. The van der Waals surface area contributed by atoms with Crippen molar-refractivity contribution >= 4 is 22.6 Å². The molecular weight excluding hydrogens is 271 g/mol. The van der Waals surface area contributed by atoms with Gasteiger partial charge in [0.25, 0.3) is 0 Å². The van der Waals surface area contributed by atoms with Gasteiger partial charge in [-0.15, -0.1) is 11.3 Å². The number of nitrogens with zero attached hydrogens (tertiary/aromatic N) is 2. The van der Waals surface area contributed by atoms with Crippen LogP contribution in [0.4, 0.5) is 9.39 Å². The van der Waals surface area contributed by atoms with Gasteiger partial charge in [0.2, 0.25) is 0 Å². The second kappa shape index (κ2) is 5.56. The third-order valence-corrected chi connectivity index (χ3v) is 4.67. The van der Waals surface area contributed by atoms with Crippen LogP contribution in [0.3, 0.4) is 0 Å². The first-order valence-corrected chi connectivity index (χ1v) is 7.44. The summed E-state index contributed by atoms with van der Waals surface area (Å²) < 4.78 is 12.8. The maximum absolute atomic E-state index is 12.8. The van der Waals surface area contributed by atoms with Crippen molar-refractivity contribution in [3.63, 3.8) is 0 Å². The van der Waals surface area contributed by atoms with E-state index in [9.17, 15) is 9.65 Å². The average molecular weight is 284 g/mol. The summed E-state index contributed by atoms with van der Waals surface area (Å²) in [5.41, 5.74) is 2.75. The Balaban J connectivity index is 1.93. The van der Waals surface area contributed by atoms with Crippen molar-refractivity contribution < 1.29 is 4.39 Å². The van der Waals surface area contributed by atoms with Crippen LogP contribution >= 0.6 is 11.3 Å². The standard InChI is InChI=1S/C16H13FN2S/c17-12-7-5-11(6-8-12)10-19-16-14(9-18)13-3-1-2-4-15(13)20-16/h5-8,10H,1-4H2. The summed E-state index contributed by atoms with van der Waals surface area (Å²) in [5, 5.41) is 10.1. The lowest BCUT2D eigenvalue weighted by Gasteiger charge is -2.09. The fourth-order valence-corrected chi connectivity index (χ4v) is 3.62. The van der Waals surface area contributed by atoms with Crippen molar-refractivity contribution in [1.82, 2.24) is 0 Å². The van der Waals surface area contributed by atoms with Crippen molar-refractivity contribution in [1.29, 1.82) is 5.26 Å².